The highest BCUT2D eigenvalue weighted by Crippen LogP contribution is 2.45. The van der Waals surface area contributed by atoms with Crippen LogP contribution in [0.2, 0.25) is 0 Å². The van der Waals surface area contributed by atoms with Crippen LogP contribution in [0.15, 0.2) is 42.5 Å². The summed E-state index contributed by atoms with van der Waals surface area (Å²) in [5, 5.41) is 11.6. The van der Waals surface area contributed by atoms with Crippen LogP contribution in [0.4, 0.5) is 5.00 Å². The van der Waals surface area contributed by atoms with E-state index in [0.717, 1.165) is 63.0 Å². The number of carbonyl (C=O) groups excluding carboxylic acids is 2. The third-order valence-corrected chi connectivity index (χ3v) is 8.84. The third-order valence-electron chi connectivity index (χ3n) is 6.64. The van der Waals surface area contributed by atoms with Crippen molar-refractivity contribution in [3.63, 3.8) is 0 Å². The molecule has 10 heteroatoms. The highest BCUT2D eigenvalue weighted by molar-refractivity contribution is 7.23. The van der Waals surface area contributed by atoms with Crippen LogP contribution in [0.5, 0.6) is 0 Å². The first-order valence-corrected chi connectivity index (χ1v) is 14.7. The van der Waals surface area contributed by atoms with Crippen LogP contribution in [0.3, 0.4) is 0 Å². The van der Waals surface area contributed by atoms with Crippen LogP contribution in [-0.2, 0) is 22.5 Å². The van der Waals surface area contributed by atoms with Gasteiger partial charge in [0.1, 0.15) is 10.0 Å². The van der Waals surface area contributed by atoms with E-state index in [0.29, 0.717) is 25.1 Å². The van der Waals surface area contributed by atoms with Crippen molar-refractivity contribution >= 4 is 49.7 Å². The molecule has 39 heavy (non-hydrogen) atoms. The fourth-order valence-corrected chi connectivity index (χ4v) is 6.97. The number of methoxy groups -OCH3 is 1. The summed E-state index contributed by atoms with van der Waals surface area (Å²) >= 11 is 3.29. The predicted molar refractivity (Wildman–Crippen MR) is 160 cm³/mol. The van der Waals surface area contributed by atoms with Crippen molar-refractivity contribution in [1.29, 1.82) is 0 Å². The Balaban J connectivity index is 1.43. The molecule has 3 N–H and O–H groups in total. The molecule has 8 nitrogen and oxygen atoms in total. The quantitative estimate of drug-likeness (QED) is 0.244. The van der Waals surface area contributed by atoms with E-state index in [1.807, 2.05) is 24.3 Å². The number of benzene rings is 2. The monoisotopic (exact) mass is 563 g/mol. The van der Waals surface area contributed by atoms with Crippen LogP contribution < -0.4 is 16.0 Å². The minimum atomic E-state index is -0.0223. The number of amides is 2. The summed E-state index contributed by atoms with van der Waals surface area (Å²) in [6.45, 7) is 3.65. The molecular formula is C29H33N5O3S2. The Kier molecular flexibility index (Phi) is 8.69. The second-order valence-corrected chi connectivity index (χ2v) is 11.8. The van der Waals surface area contributed by atoms with Crippen molar-refractivity contribution < 1.29 is 14.3 Å². The molecule has 5 rings (SSSR count). The van der Waals surface area contributed by atoms with Gasteiger partial charge in [-0.1, -0.05) is 18.2 Å². The average molecular weight is 564 g/mol. The Hall–Kier alpha value is -3.15. The molecule has 0 aliphatic carbocycles. The minimum Gasteiger partial charge on any atom is -0.383 e. The number of anilines is 1. The third kappa shape index (κ3) is 6.21. The molecule has 4 aromatic rings. The summed E-state index contributed by atoms with van der Waals surface area (Å²) in [4.78, 5) is 33.2. The van der Waals surface area contributed by atoms with Gasteiger partial charge in [0.05, 0.1) is 16.8 Å². The highest BCUT2D eigenvalue weighted by Gasteiger charge is 2.25. The Morgan fingerprint density at radius 1 is 1.10 bits per heavy atom. The number of ether oxygens (including phenoxy) is 1. The molecule has 0 bridgehead atoms. The number of thiophene rings is 1. The molecule has 2 aromatic carbocycles. The van der Waals surface area contributed by atoms with Gasteiger partial charge in [-0.25, -0.2) is 4.98 Å². The average Bonchev–Trinajstić information content (AvgIpc) is 3.52. The Morgan fingerprint density at radius 2 is 1.95 bits per heavy atom. The number of thiazole rings is 1. The van der Waals surface area contributed by atoms with Crippen molar-refractivity contribution in [2.75, 3.05) is 52.8 Å². The Bertz CT molecular complexity index is 1490. The molecule has 0 fully saturated rings. The van der Waals surface area contributed by atoms with Crippen molar-refractivity contribution in [2.45, 2.75) is 19.4 Å². The van der Waals surface area contributed by atoms with Gasteiger partial charge in [0, 0.05) is 63.3 Å². The van der Waals surface area contributed by atoms with Crippen molar-refractivity contribution in [3.8, 4) is 21.7 Å². The van der Waals surface area contributed by atoms with Crippen LogP contribution >= 0.6 is 22.7 Å². The van der Waals surface area contributed by atoms with E-state index in [9.17, 15) is 9.59 Å². The van der Waals surface area contributed by atoms with Crippen molar-refractivity contribution in [1.82, 2.24) is 20.5 Å². The SMILES string of the molecule is COCCNCCC(=O)Nc1sc2c(c1-c1nc3cc(-c4cccc(C(=O)N(C)C)c4)ccc3s1)CCNC2. The van der Waals surface area contributed by atoms with Gasteiger partial charge in [0.15, 0.2) is 0 Å². The molecule has 0 radical (unpaired) electrons. The number of aromatic nitrogens is 1. The predicted octanol–water partition coefficient (Wildman–Crippen LogP) is 4.60. The molecule has 0 saturated heterocycles. The summed E-state index contributed by atoms with van der Waals surface area (Å²) in [5.74, 6) is -0.0331. The van der Waals surface area contributed by atoms with Crippen molar-refractivity contribution in [3.05, 3.63) is 58.5 Å². The molecule has 0 unspecified atom stereocenters. The fourth-order valence-electron chi connectivity index (χ4n) is 4.64. The molecule has 204 valence electrons. The molecule has 3 heterocycles. The van der Waals surface area contributed by atoms with E-state index >= 15 is 0 Å². The second-order valence-electron chi connectivity index (χ2n) is 9.66. The molecule has 2 amide bonds. The smallest absolute Gasteiger partial charge is 0.253 e. The lowest BCUT2D eigenvalue weighted by atomic mass is 10.0. The number of hydrogen-bond donors (Lipinski definition) is 3. The number of nitrogens with one attached hydrogen (secondary N) is 3. The van der Waals surface area contributed by atoms with Gasteiger partial charge in [-0.05, 0) is 53.9 Å². The molecule has 0 saturated carbocycles. The van der Waals surface area contributed by atoms with E-state index in [4.69, 9.17) is 9.72 Å². The van der Waals surface area contributed by atoms with E-state index in [1.54, 1.807) is 48.8 Å². The Morgan fingerprint density at radius 3 is 2.77 bits per heavy atom. The number of hydrogen-bond acceptors (Lipinski definition) is 8. The highest BCUT2D eigenvalue weighted by atomic mass is 32.1. The summed E-state index contributed by atoms with van der Waals surface area (Å²) < 4.78 is 6.13. The maximum atomic E-state index is 12.8. The largest absolute Gasteiger partial charge is 0.383 e. The standard InChI is InChI=1S/C29H33N5O3S2/c1-34(2)29(36)20-6-4-5-18(15-20)19-7-8-23-22(16-19)32-27(38-23)26-21-9-11-31-17-24(21)39-28(26)33-25(35)10-12-30-13-14-37-3/h4-8,15-16,30-31H,9-14,17H2,1-3H3,(H,33,35). The second kappa shape index (κ2) is 12.4. The van der Waals surface area contributed by atoms with Gasteiger partial charge in [-0.15, -0.1) is 22.7 Å². The molecule has 2 aromatic heterocycles. The van der Waals surface area contributed by atoms with Gasteiger partial charge in [0.25, 0.3) is 5.91 Å². The van der Waals surface area contributed by atoms with Crippen LogP contribution in [0.25, 0.3) is 31.9 Å². The molecular weight excluding hydrogens is 530 g/mol. The maximum Gasteiger partial charge on any atom is 0.253 e. The van der Waals surface area contributed by atoms with E-state index in [-0.39, 0.29) is 11.8 Å². The van der Waals surface area contributed by atoms with E-state index < -0.39 is 0 Å². The van der Waals surface area contributed by atoms with Crippen LogP contribution in [0.1, 0.15) is 27.2 Å². The topological polar surface area (TPSA) is 95.6 Å². The Labute approximate surface area is 236 Å². The first-order valence-electron chi connectivity index (χ1n) is 13.0. The van der Waals surface area contributed by atoms with Gasteiger partial charge in [-0.3, -0.25) is 9.59 Å². The lowest BCUT2D eigenvalue weighted by Gasteiger charge is -2.13. The fraction of sp³-hybridized carbons (Fsp3) is 0.345. The zero-order valence-corrected chi connectivity index (χ0v) is 24.1. The van der Waals surface area contributed by atoms with Gasteiger partial charge >= 0.3 is 0 Å². The maximum absolute atomic E-state index is 12.8. The number of fused-ring (bicyclic) bond motifs is 2. The summed E-state index contributed by atoms with van der Waals surface area (Å²) in [5.41, 5.74) is 5.89. The van der Waals surface area contributed by atoms with Crippen molar-refractivity contribution in [2.24, 2.45) is 0 Å². The zero-order valence-electron chi connectivity index (χ0n) is 22.4. The molecule has 0 spiro atoms. The van der Waals surface area contributed by atoms with Gasteiger partial charge in [0.2, 0.25) is 5.91 Å². The van der Waals surface area contributed by atoms with Gasteiger partial charge in [-0.2, -0.15) is 0 Å². The number of nitrogens with zero attached hydrogens (tertiary/aromatic N) is 2. The lowest BCUT2D eigenvalue weighted by Crippen LogP contribution is -2.24. The summed E-state index contributed by atoms with van der Waals surface area (Å²) in [6.07, 6.45) is 1.30. The van der Waals surface area contributed by atoms with E-state index in [2.05, 4.69) is 34.1 Å². The van der Waals surface area contributed by atoms with Crippen LogP contribution in [-0.4, -0.2) is 69.1 Å². The summed E-state index contributed by atoms with van der Waals surface area (Å²) in [7, 11) is 5.18. The first-order chi connectivity index (χ1) is 18.9. The number of rotatable bonds is 10. The first kappa shape index (κ1) is 27.4. The normalized spacial score (nSPS) is 12.9. The summed E-state index contributed by atoms with van der Waals surface area (Å²) in [6, 6.07) is 13.9. The number of carbonyl (C=O) groups is 2. The molecule has 0 atom stereocenters. The zero-order chi connectivity index (χ0) is 27.4. The minimum absolute atomic E-state index is 0.0109. The van der Waals surface area contributed by atoms with Crippen LogP contribution in [0, 0.1) is 0 Å². The molecule has 1 aliphatic heterocycles. The lowest BCUT2D eigenvalue weighted by molar-refractivity contribution is -0.116. The van der Waals surface area contributed by atoms with Gasteiger partial charge < -0.3 is 25.6 Å². The van der Waals surface area contributed by atoms with E-state index in [1.165, 1.54) is 10.4 Å². The molecule has 1 aliphatic rings.